The van der Waals surface area contributed by atoms with Gasteiger partial charge in [-0.15, -0.1) is 11.3 Å². The Morgan fingerprint density at radius 3 is 2.78 bits per heavy atom. The Bertz CT molecular complexity index is 1040. The van der Waals surface area contributed by atoms with Crippen molar-refractivity contribution < 1.29 is 22.8 Å². The van der Waals surface area contributed by atoms with Gasteiger partial charge in [-0.05, 0) is 30.4 Å². The van der Waals surface area contributed by atoms with Crippen LogP contribution in [-0.2, 0) is 11.0 Å². The van der Waals surface area contributed by atoms with E-state index in [4.69, 9.17) is 10.6 Å². The first-order valence-electron chi connectivity index (χ1n) is 7.89. The van der Waals surface area contributed by atoms with Gasteiger partial charge in [0.15, 0.2) is 17.2 Å². The van der Waals surface area contributed by atoms with Crippen LogP contribution >= 0.6 is 11.3 Å². The number of hydrogen-bond acceptors (Lipinski definition) is 6. The Morgan fingerprint density at radius 2 is 2.15 bits per heavy atom. The number of halogens is 3. The van der Waals surface area contributed by atoms with Crippen LogP contribution in [0.25, 0.3) is 5.65 Å². The largest absolute Gasteiger partial charge is 0.433 e. The summed E-state index contributed by atoms with van der Waals surface area (Å²) in [4.78, 5) is 21.6. The number of hydrogen-bond donors (Lipinski definition) is 1. The quantitative estimate of drug-likeness (QED) is 0.317. The molecule has 27 heavy (non-hydrogen) atoms. The van der Waals surface area contributed by atoms with Crippen molar-refractivity contribution in [3.8, 4) is 0 Å². The van der Waals surface area contributed by atoms with E-state index in [-0.39, 0.29) is 23.1 Å². The lowest BCUT2D eigenvalue weighted by molar-refractivity contribution is -0.142. The minimum atomic E-state index is -4.64. The minimum Gasteiger partial charge on any atom is -0.380 e. The molecule has 0 bridgehead atoms. The van der Waals surface area contributed by atoms with Crippen LogP contribution in [0, 0.1) is 0 Å². The molecule has 140 valence electrons. The first kappa shape index (κ1) is 17.5. The first-order chi connectivity index (χ1) is 12.8. The summed E-state index contributed by atoms with van der Waals surface area (Å²) < 4.78 is 40.7. The van der Waals surface area contributed by atoms with E-state index in [0.29, 0.717) is 15.1 Å². The fourth-order valence-corrected chi connectivity index (χ4v) is 3.11. The molecular weight excluding hydrogens is 383 g/mol. The molecule has 0 aromatic carbocycles. The van der Waals surface area contributed by atoms with E-state index in [1.165, 1.54) is 11.3 Å². The summed E-state index contributed by atoms with van der Waals surface area (Å²) in [5.74, 6) is -1.04. The monoisotopic (exact) mass is 395 g/mol. The van der Waals surface area contributed by atoms with Gasteiger partial charge in [0.2, 0.25) is 0 Å². The lowest BCUT2D eigenvalue weighted by Crippen LogP contribution is -2.15. The number of carbonyl (C=O) groups excluding carboxylic acids is 1. The molecule has 0 radical (unpaired) electrons. The Balaban J connectivity index is 1.66. The third kappa shape index (κ3) is 3.50. The van der Waals surface area contributed by atoms with Gasteiger partial charge in [-0.3, -0.25) is 0 Å². The topological polar surface area (TPSA) is 94.9 Å². The van der Waals surface area contributed by atoms with Gasteiger partial charge in [0.1, 0.15) is 5.69 Å². The third-order valence-corrected chi connectivity index (χ3v) is 4.84. The van der Waals surface area contributed by atoms with Crippen LogP contribution in [0.2, 0.25) is 0 Å². The van der Waals surface area contributed by atoms with E-state index in [2.05, 4.69) is 15.2 Å². The van der Waals surface area contributed by atoms with Crippen molar-refractivity contribution in [2.75, 3.05) is 0 Å². The van der Waals surface area contributed by atoms with Crippen LogP contribution in [0.3, 0.4) is 0 Å². The van der Waals surface area contributed by atoms with Gasteiger partial charge < -0.3 is 10.6 Å². The number of carbonyl (C=O) groups is 1. The van der Waals surface area contributed by atoms with Crippen LogP contribution in [0.1, 0.15) is 45.5 Å². The maximum Gasteiger partial charge on any atom is 0.433 e. The molecule has 1 aliphatic rings. The molecule has 4 rings (SSSR count). The summed E-state index contributed by atoms with van der Waals surface area (Å²) in [6.45, 7) is 0. The van der Waals surface area contributed by atoms with Crippen molar-refractivity contribution in [2.24, 2.45) is 10.9 Å². The van der Waals surface area contributed by atoms with Crippen LogP contribution in [0.15, 0.2) is 34.8 Å². The van der Waals surface area contributed by atoms with Gasteiger partial charge >= 0.3 is 12.1 Å². The van der Waals surface area contributed by atoms with Crippen molar-refractivity contribution in [3.63, 3.8) is 0 Å². The van der Waals surface area contributed by atoms with E-state index in [1.54, 1.807) is 17.5 Å². The van der Waals surface area contributed by atoms with Gasteiger partial charge in [-0.2, -0.15) is 18.3 Å². The molecule has 3 heterocycles. The van der Waals surface area contributed by atoms with Gasteiger partial charge in [0.25, 0.3) is 0 Å². The zero-order chi connectivity index (χ0) is 19.2. The van der Waals surface area contributed by atoms with E-state index in [1.807, 2.05) is 0 Å². The van der Waals surface area contributed by atoms with Crippen molar-refractivity contribution in [1.82, 2.24) is 14.6 Å². The molecule has 3 aromatic rings. The van der Waals surface area contributed by atoms with E-state index in [0.717, 1.165) is 25.0 Å². The van der Waals surface area contributed by atoms with E-state index in [9.17, 15) is 18.0 Å². The summed E-state index contributed by atoms with van der Waals surface area (Å²) >= 11 is 1.30. The Labute approximate surface area is 154 Å². The lowest BCUT2D eigenvalue weighted by atomic mass is 10.2. The summed E-state index contributed by atoms with van der Waals surface area (Å²) in [5.41, 5.74) is 4.61. The number of amidine groups is 1. The predicted molar refractivity (Wildman–Crippen MR) is 90.4 cm³/mol. The number of rotatable bonds is 4. The molecular formula is C16H12F3N5O2S. The highest BCUT2D eigenvalue weighted by atomic mass is 32.1. The molecule has 0 amide bonds. The number of aromatic nitrogens is 3. The molecule has 0 spiro atoms. The Morgan fingerprint density at radius 1 is 1.37 bits per heavy atom. The zero-order valence-electron chi connectivity index (χ0n) is 13.6. The van der Waals surface area contributed by atoms with Crippen LogP contribution in [0.4, 0.5) is 13.2 Å². The van der Waals surface area contributed by atoms with Gasteiger partial charge in [-0.1, -0.05) is 11.2 Å². The predicted octanol–water partition coefficient (Wildman–Crippen LogP) is 3.16. The Hall–Kier alpha value is -2.95. The molecule has 0 unspecified atom stereocenters. The molecule has 2 N–H and O–H groups in total. The van der Waals surface area contributed by atoms with Crippen molar-refractivity contribution >= 4 is 28.8 Å². The second-order valence-corrected chi connectivity index (χ2v) is 6.92. The summed E-state index contributed by atoms with van der Waals surface area (Å²) in [5, 5.41) is 8.96. The maximum atomic E-state index is 13.4. The second kappa shape index (κ2) is 6.34. The molecule has 11 heteroatoms. The normalized spacial score (nSPS) is 15.3. The van der Waals surface area contributed by atoms with Gasteiger partial charge in [0.05, 0.1) is 4.88 Å². The average Bonchev–Trinajstić information content (AvgIpc) is 3.16. The molecule has 0 aliphatic heterocycles. The van der Waals surface area contributed by atoms with Crippen LogP contribution in [-0.4, -0.2) is 26.4 Å². The number of thiophene rings is 1. The standard InChI is InChI=1S/C16H12F3N5O2S/c17-16(18,19)12-6-9(8-3-4-8)21-13-7-10(22-24(12)13)15(25)26-23-14(20)11-2-1-5-27-11/h1-2,5-8H,3-4H2,(H2,20,23). The molecule has 7 nitrogen and oxygen atoms in total. The highest BCUT2D eigenvalue weighted by Gasteiger charge is 2.37. The molecule has 3 aromatic heterocycles. The van der Waals surface area contributed by atoms with E-state index < -0.39 is 17.8 Å². The minimum absolute atomic E-state index is 0.0107. The third-order valence-electron chi connectivity index (χ3n) is 3.94. The summed E-state index contributed by atoms with van der Waals surface area (Å²) in [6.07, 6.45) is -3.06. The van der Waals surface area contributed by atoms with Crippen molar-refractivity contribution in [2.45, 2.75) is 24.9 Å². The fourth-order valence-electron chi connectivity index (χ4n) is 2.49. The van der Waals surface area contributed by atoms with Gasteiger partial charge in [0, 0.05) is 17.7 Å². The molecule has 1 aliphatic carbocycles. The zero-order valence-corrected chi connectivity index (χ0v) is 14.4. The van der Waals surface area contributed by atoms with Crippen LogP contribution < -0.4 is 5.73 Å². The Kier molecular flexibility index (Phi) is 4.10. The van der Waals surface area contributed by atoms with Crippen molar-refractivity contribution in [3.05, 3.63) is 51.6 Å². The number of nitrogens with zero attached hydrogens (tertiary/aromatic N) is 4. The molecule has 0 saturated heterocycles. The summed E-state index contributed by atoms with van der Waals surface area (Å²) in [7, 11) is 0. The van der Waals surface area contributed by atoms with E-state index >= 15 is 0 Å². The highest BCUT2D eigenvalue weighted by molar-refractivity contribution is 7.12. The maximum absolute atomic E-state index is 13.4. The number of oxime groups is 1. The molecule has 0 atom stereocenters. The molecule has 1 saturated carbocycles. The fraction of sp³-hybridized carbons (Fsp3) is 0.250. The molecule has 1 fully saturated rings. The van der Waals surface area contributed by atoms with Crippen molar-refractivity contribution in [1.29, 1.82) is 0 Å². The second-order valence-electron chi connectivity index (χ2n) is 5.97. The smallest absolute Gasteiger partial charge is 0.380 e. The average molecular weight is 395 g/mol. The SMILES string of the molecule is N/C(=N\OC(=O)c1cc2nc(C3CC3)cc(C(F)(F)F)n2n1)c1cccs1. The first-order valence-corrected chi connectivity index (χ1v) is 8.77. The van der Waals surface area contributed by atoms with Gasteiger partial charge in [-0.25, -0.2) is 14.3 Å². The number of fused-ring (bicyclic) bond motifs is 1. The highest BCUT2D eigenvalue weighted by Crippen LogP contribution is 2.41. The number of nitrogens with two attached hydrogens (primary N) is 1. The van der Waals surface area contributed by atoms with Crippen LogP contribution in [0.5, 0.6) is 0 Å². The number of alkyl halides is 3. The lowest BCUT2D eigenvalue weighted by Gasteiger charge is -2.10. The summed E-state index contributed by atoms with van der Waals surface area (Å²) in [6, 6.07) is 5.54.